The first-order valence-electron chi connectivity index (χ1n) is 9.80. The average molecular weight is 433 g/mol. The lowest BCUT2D eigenvalue weighted by Gasteiger charge is -2.20. The van der Waals surface area contributed by atoms with Gasteiger partial charge in [0.25, 0.3) is 11.8 Å². The molecule has 1 aliphatic heterocycles. The largest absolute Gasteiger partial charge is 0.489 e. The van der Waals surface area contributed by atoms with Crippen LogP contribution in [0.4, 0.5) is 5.69 Å². The minimum atomic E-state index is -0.870. The van der Waals surface area contributed by atoms with Gasteiger partial charge in [-0.2, -0.15) is 0 Å². The Labute approximate surface area is 184 Å². The maximum absolute atomic E-state index is 13.0. The van der Waals surface area contributed by atoms with E-state index in [1.807, 2.05) is 42.5 Å². The van der Waals surface area contributed by atoms with E-state index in [1.165, 1.54) is 4.90 Å². The summed E-state index contributed by atoms with van der Waals surface area (Å²) in [6.45, 7) is -0.0111. The molecule has 5 rings (SSSR count). The molecule has 0 bridgehead atoms. The Balaban J connectivity index is 0.00000245. The summed E-state index contributed by atoms with van der Waals surface area (Å²) in [4.78, 5) is 27.1. The molecule has 1 N–H and O–H groups in total. The molecule has 164 valence electrons. The number of hydrogen-bond donors (Lipinski definition) is 1. The fourth-order valence-electron chi connectivity index (χ4n) is 3.59. The highest BCUT2D eigenvalue weighted by Gasteiger charge is 2.32. The van der Waals surface area contributed by atoms with E-state index in [2.05, 4.69) is 10.5 Å². The Bertz CT molecular complexity index is 1260. The zero-order valence-corrected chi connectivity index (χ0v) is 16.7. The van der Waals surface area contributed by atoms with E-state index >= 15 is 0 Å². The van der Waals surface area contributed by atoms with Crippen LogP contribution in [0.25, 0.3) is 11.0 Å². The monoisotopic (exact) mass is 433 g/mol. The molecule has 4 aromatic rings. The van der Waals surface area contributed by atoms with Gasteiger partial charge in [0, 0.05) is 31.0 Å². The van der Waals surface area contributed by atoms with Gasteiger partial charge in [-0.15, -0.1) is 0 Å². The number of benzene rings is 2. The van der Waals surface area contributed by atoms with Crippen LogP contribution >= 0.6 is 0 Å². The summed E-state index contributed by atoms with van der Waals surface area (Å²) in [6.07, 6.45) is 2.10. The number of ether oxygens (including phenoxy) is 1. The van der Waals surface area contributed by atoms with Gasteiger partial charge in [-0.05, 0) is 17.7 Å². The van der Waals surface area contributed by atoms with Gasteiger partial charge in [0.15, 0.2) is 5.69 Å². The molecule has 32 heavy (non-hydrogen) atoms. The molecule has 2 aromatic heterocycles. The van der Waals surface area contributed by atoms with Crippen LogP contribution in [0.2, 0.25) is 0 Å². The maximum atomic E-state index is 13.0. The lowest BCUT2D eigenvalue weighted by molar-refractivity contribution is -0.120. The van der Waals surface area contributed by atoms with Gasteiger partial charge in [-0.25, -0.2) is 0 Å². The lowest BCUT2D eigenvalue weighted by atomic mass is 10.1. The quantitative estimate of drug-likeness (QED) is 0.526. The molecule has 0 spiro atoms. The smallest absolute Gasteiger partial charge is 0.274 e. The number of hydrogen-bond acceptors (Lipinski definition) is 6. The molecule has 2 aromatic carbocycles. The molecule has 3 heterocycles. The minimum absolute atomic E-state index is 0. The van der Waals surface area contributed by atoms with Crippen molar-refractivity contribution >= 4 is 28.5 Å². The summed E-state index contributed by atoms with van der Waals surface area (Å²) in [5.41, 5.74) is 2.43. The van der Waals surface area contributed by atoms with Crippen LogP contribution in [-0.2, 0) is 11.2 Å². The Hall–Kier alpha value is -4.07. The van der Waals surface area contributed by atoms with Crippen molar-refractivity contribution in [2.45, 2.75) is 19.9 Å². The van der Waals surface area contributed by atoms with Crippen LogP contribution in [0.1, 0.15) is 29.2 Å². The highest BCUT2D eigenvalue weighted by atomic mass is 16.5. The zero-order valence-electron chi connectivity index (χ0n) is 16.7. The van der Waals surface area contributed by atoms with Crippen LogP contribution in [0.5, 0.6) is 5.75 Å². The van der Waals surface area contributed by atoms with Gasteiger partial charge >= 0.3 is 0 Å². The lowest BCUT2D eigenvalue weighted by Crippen LogP contribution is -2.49. The molecule has 1 aliphatic rings. The first-order chi connectivity index (χ1) is 15.1. The number of anilines is 1. The second kappa shape index (κ2) is 8.58. The van der Waals surface area contributed by atoms with Crippen LogP contribution in [0, 0.1) is 0 Å². The molecule has 0 saturated carbocycles. The summed E-state index contributed by atoms with van der Waals surface area (Å²) < 4.78 is 16.5. The van der Waals surface area contributed by atoms with Gasteiger partial charge in [-0.1, -0.05) is 42.9 Å². The summed E-state index contributed by atoms with van der Waals surface area (Å²) in [5, 5.41) is 7.41. The number of furan rings is 1. The van der Waals surface area contributed by atoms with Gasteiger partial charge in [-0.3, -0.25) is 9.59 Å². The maximum Gasteiger partial charge on any atom is 0.274 e. The first kappa shape index (κ1) is 21.2. The van der Waals surface area contributed by atoms with Gasteiger partial charge < -0.3 is 23.9 Å². The van der Waals surface area contributed by atoms with E-state index in [1.54, 1.807) is 25.4 Å². The van der Waals surface area contributed by atoms with Gasteiger partial charge in [0.1, 0.15) is 29.7 Å². The molecule has 8 heteroatoms. The van der Waals surface area contributed by atoms with Crippen molar-refractivity contribution in [3.8, 4) is 5.75 Å². The third-order valence-electron chi connectivity index (χ3n) is 5.25. The molecule has 0 fully saturated rings. The number of aromatic nitrogens is 1. The van der Waals surface area contributed by atoms with Gasteiger partial charge in [0.05, 0.1) is 12.0 Å². The summed E-state index contributed by atoms with van der Waals surface area (Å²) in [5.74, 6) is 0.287. The van der Waals surface area contributed by atoms with Crippen molar-refractivity contribution in [2.75, 3.05) is 18.6 Å². The van der Waals surface area contributed by atoms with Crippen LogP contribution in [0.3, 0.4) is 0 Å². The molecule has 0 radical (unpaired) electrons. The van der Waals surface area contributed by atoms with Crippen LogP contribution in [0.15, 0.2) is 69.8 Å². The topological polar surface area (TPSA) is 97.8 Å². The highest BCUT2D eigenvalue weighted by molar-refractivity contribution is 6.04. The van der Waals surface area contributed by atoms with Crippen molar-refractivity contribution < 1.29 is 23.3 Å². The second-order valence-electron chi connectivity index (χ2n) is 7.35. The van der Waals surface area contributed by atoms with Crippen molar-refractivity contribution in [3.05, 3.63) is 77.9 Å². The SMILES string of the molecule is C.CN1C(=O)[C@@H](NC(=O)c2cc(Cc3ccccc3)on2)COc2cc3occc3cc21. The third-order valence-corrected chi connectivity index (χ3v) is 5.25. The first-order valence-corrected chi connectivity index (χ1v) is 9.80. The zero-order chi connectivity index (χ0) is 21.4. The van der Waals surface area contributed by atoms with Gasteiger partial charge in [0.2, 0.25) is 0 Å². The fourth-order valence-corrected chi connectivity index (χ4v) is 3.59. The van der Waals surface area contributed by atoms with Crippen molar-refractivity contribution in [1.29, 1.82) is 0 Å². The number of rotatable bonds is 4. The second-order valence-corrected chi connectivity index (χ2v) is 7.35. The van der Waals surface area contributed by atoms with E-state index in [0.717, 1.165) is 10.9 Å². The van der Waals surface area contributed by atoms with Crippen molar-refractivity contribution in [2.24, 2.45) is 0 Å². The Morgan fingerprint density at radius 1 is 1.19 bits per heavy atom. The predicted molar refractivity (Wildman–Crippen MR) is 119 cm³/mol. The Morgan fingerprint density at radius 3 is 2.81 bits per heavy atom. The number of fused-ring (bicyclic) bond motifs is 2. The highest BCUT2D eigenvalue weighted by Crippen LogP contribution is 2.35. The number of carbonyl (C=O) groups is 2. The van der Waals surface area contributed by atoms with E-state index in [0.29, 0.717) is 29.2 Å². The minimum Gasteiger partial charge on any atom is -0.489 e. The van der Waals surface area contributed by atoms with Crippen LogP contribution < -0.4 is 15.0 Å². The van der Waals surface area contributed by atoms with Crippen LogP contribution in [-0.4, -0.2) is 36.7 Å². The van der Waals surface area contributed by atoms with E-state index in [4.69, 9.17) is 13.7 Å². The summed E-state index contributed by atoms with van der Waals surface area (Å²) >= 11 is 0. The average Bonchev–Trinajstić information content (AvgIpc) is 3.42. The number of amides is 2. The van der Waals surface area contributed by atoms with Crippen molar-refractivity contribution in [3.63, 3.8) is 0 Å². The Kier molecular flexibility index (Phi) is 5.68. The number of nitrogens with one attached hydrogen (secondary N) is 1. The standard InChI is InChI=1S/C23H19N3O5.CH4/c1-26-19-10-15-7-8-29-20(15)12-21(19)30-13-18(23(26)28)24-22(27)17-11-16(31-25-17)9-14-5-3-2-4-6-14;/h2-8,10-12,18H,9,13H2,1H3,(H,24,27);1H4/t18-;/m0./s1. The molecular formula is C24H23N3O5. The molecule has 1 atom stereocenters. The normalized spacial score (nSPS) is 15.5. The summed E-state index contributed by atoms with van der Waals surface area (Å²) in [6, 6.07) is 15.8. The molecule has 0 unspecified atom stereocenters. The number of likely N-dealkylation sites (N-methyl/N-ethyl adjacent to an activating group) is 1. The fraction of sp³-hybridized carbons (Fsp3) is 0.208. The molecule has 8 nitrogen and oxygen atoms in total. The summed E-state index contributed by atoms with van der Waals surface area (Å²) in [7, 11) is 1.65. The molecule has 2 amide bonds. The molecule has 0 aliphatic carbocycles. The van der Waals surface area contributed by atoms with E-state index in [9.17, 15) is 9.59 Å². The van der Waals surface area contributed by atoms with E-state index < -0.39 is 11.9 Å². The van der Waals surface area contributed by atoms with Crippen molar-refractivity contribution in [1.82, 2.24) is 10.5 Å². The third kappa shape index (κ3) is 3.94. The molecular weight excluding hydrogens is 410 g/mol. The Morgan fingerprint density at radius 2 is 2.00 bits per heavy atom. The van der Waals surface area contributed by atoms with E-state index in [-0.39, 0.29) is 25.6 Å². The number of nitrogens with zero attached hydrogens (tertiary/aromatic N) is 2. The molecule has 0 saturated heterocycles. The predicted octanol–water partition coefficient (Wildman–Crippen LogP) is 3.80. The number of carbonyl (C=O) groups excluding carboxylic acids is 2.